The number of aryl methyl sites for hydroxylation is 2. The van der Waals surface area contributed by atoms with E-state index in [1.54, 1.807) is 69.8 Å². The third-order valence-electron chi connectivity index (χ3n) is 10.5. The number of pyridine rings is 2. The van der Waals surface area contributed by atoms with Gasteiger partial charge in [0.1, 0.15) is 33.7 Å². The van der Waals surface area contributed by atoms with Crippen LogP contribution in [0.1, 0.15) is 64.8 Å². The molecule has 0 aliphatic carbocycles. The molecule has 0 fully saturated rings. The Labute approximate surface area is 447 Å². The zero-order valence-electron chi connectivity index (χ0n) is 39.4. The number of benzene rings is 2. The van der Waals surface area contributed by atoms with E-state index in [0.717, 1.165) is 99.6 Å². The molecule has 0 radical (unpaired) electrons. The maximum atomic E-state index is 13.5. The van der Waals surface area contributed by atoms with Crippen LogP contribution >= 0.6 is 39.5 Å². The van der Waals surface area contributed by atoms with E-state index in [4.69, 9.17) is 20.7 Å². The van der Waals surface area contributed by atoms with Gasteiger partial charge in [0.2, 0.25) is 0 Å². The van der Waals surface area contributed by atoms with E-state index in [0.29, 0.717) is 16.9 Å². The van der Waals surface area contributed by atoms with Gasteiger partial charge in [-0.1, -0.05) is 63.9 Å². The number of imidazole rings is 2. The number of nitrogens with one attached hydrogen (secondary N) is 1. The van der Waals surface area contributed by atoms with Crippen molar-refractivity contribution in [3.05, 3.63) is 150 Å². The van der Waals surface area contributed by atoms with Crippen molar-refractivity contribution < 1.29 is 43.4 Å². The van der Waals surface area contributed by atoms with Crippen molar-refractivity contribution in [3.63, 3.8) is 0 Å². The molecule has 3 N–H and O–H groups in total. The minimum Gasteiger partial charge on any atom is -0.850 e. The van der Waals surface area contributed by atoms with Crippen LogP contribution in [0, 0.1) is 11.6 Å². The van der Waals surface area contributed by atoms with Gasteiger partial charge >= 0.3 is 29.6 Å². The van der Waals surface area contributed by atoms with Gasteiger partial charge in [-0.15, -0.1) is 5.60 Å². The molecule has 0 saturated heterocycles. The van der Waals surface area contributed by atoms with Crippen molar-refractivity contribution in [3.8, 4) is 45.3 Å². The largest absolute Gasteiger partial charge is 1.00 e. The number of fused-ring (bicyclic) bond motifs is 2. The van der Waals surface area contributed by atoms with Gasteiger partial charge in [-0.25, -0.2) is 48.7 Å². The molecule has 8 aromatic rings. The van der Waals surface area contributed by atoms with Crippen molar-refractivity contribution >= 4 is 45.3 Å². The molecule has 0 saturated carbocycles. The SMILES string of the molecule is Brc1ccccn1.C.CC(C)(C)[O-].CSc1nccc(-c2c(-c3ccc(F)cc3)nc3n2[C@H](CN)CC3)n1.CSc1nccc(-c2c(-c3ccc(F)cc3)nc3n2[C@H](CNc2ccccn2)CC3)n1.[Na+]. The molecule has 0 spiro atoms. The third-order valence-corrected chi connectivity index (χ3v) is 12.1. The van der Waals surface area contributed by atoms with Crippen LogP contribution in [0.4, 0.5) is 14.6 Å². The van der Waals surface area contributed by atoms with Crippen LogP contribution in [0.25, 0.3) is 45.3 Å². The Morgan fingerprint density at radius 2 is 1.11 bits per heavy atom. The minimum absolute atomic E-state index is 0. The Kier molecular flexibility index (Phi) is 21.2. The molecule has 360 valence electrons. The van der Waals surface area contributed by atoms with E-state index in [9.17, 15) is 13.9 Å². The predicted octanol–water partition coefficient (Wildman–Crippen LogP) is 7.81. The maximum absolute atomic E-state index is 13.5. The quantitative estimate of drug-likeness (QED) is 0.0589. The summed E-state index contributed by atoms with van der Waals surface area (Å²) in [4.78, 5) is 36.1. The molecule has 0 bridgehead atoms. The smallest absolute Gasteiger partial charge is 0.850 e. The predicted molar refractivity (Wildman–Crippen MR) is 276 cm³/mol. The van der Waals surface area contributed by atoms with E-state index < -0.39 is 5.60 Å². The Morgan fingerprint density at radius 3 is 1.51 bits per heavy atom. The summed E-state index contributed by atoms with van der Waals surface area (Å²) in [5, 5.41) is 15.0. The van der Waals surface area contributed by atoms with Gasteiger partial charge < -0.3 is 25.3 Å². The molecule has 70 heavy (non-hydrogen) atoms. The number of hydrogen-bond donors (Lipinski definition) is 2. The first-order chi connectivity index (χ1) is 32.8. The van der Waals surface area contributed by atoms with Gasteiger partial charge in [-0.3, -0.25) is 0 Å². The van der Waals surface area contributed by atoms with Crippen LogP contribution in [0.5, 0.6) is 0 Å². The van der Waals surface area contributed by atoms with Crippen molar-refractivity contribution in [1.29, 1.82) is 0 Å². The van der Waals surface area contributed by atoms with E-state index in [1.165, 1.54) is 47.8 Å². The van der Waals surface area contributed by atoms with Crippen molar-refractivity contribution in [2.75, 3.05) is 30.9 Å². The number of nitrogens with two attached hydrogens (primary N) is 1. The normalized spacial score (nSPS) is 14.2. The first-order valence-electron chi connectivity index (χ1n) is 21.9. The number of halogens is 3. The third kappa shape index (κ3) is 14.8. The standard InChI is InChI=1S/C23H21FN6S.C18H18FN5S.C5H4BrN.C4H9O.CH4.Na/c1-31-23-26-13-11-18(28-23)22-21(15-5-7-16(24)8-6-15)29-20-10-9-17(30(20)22)14-27-19-4-2-3-12-25-19;1-25-18-21-9-8-14(22-18)17-16(11-2-4-12(19)5-3-11)23-15-7-6-13(10-20)24(15)17;6-5-3-1-2-4-7-5;1-4(2,3)5;;/h2-8,11-13,17H,9-10,14H2,1H3,(H,25,27);2-5,8-9,13H,6-7,10,20H2,1H3;1-4H;1-3H3;1H4;/q;;;-1;;+1/t17-;13-;;;;/m00..../s1. The molecular weight excluding hydrogens is 1000 g/mol. The number of aromatic nitrogens is 10. The summed E-state index contributed by atoms with van der Waals surface area (Å²) in [7, 11) is 0. The van der Waals surface area contributed by atoms with Crippen LogP contribution in [-0.4, -0.2) is 80.2 Å². The first kappa shape index (κ1) is 56.0. The molecule has 0 unspecified atom stereocenters. The van der Waals surface area contributed by atoms with Crippen LogP contribution in [0.2, 0.25) is 0 Å². The number of thioether (sulfide) groups is 2. The van der Waals surface area contributed by atoms with Crippen LogP contribution in [0.15, 0.2) is 137 Å². The van der Waals surface area contributed by atoms with Crippen LogP contribution in [0.3, 0.4) is 0 Å². The molecule has 2 aliphatic heterocycles. The summed E-state index contributed by atoms with van der Waals surface area (Å²) in [6.45, 7) is 6.18. The second-order valence-electron chi connectivity index (χ2n) is 16.5. The zero-order valence-corrected chi connectivity index (χ0v) is 44.6. The summed E-state index contributed by atoms with van der Waals surface area (Å²) in [5.74, 6) is 2.36. The van der Waals surface area contributed by atoms with Crippen molar-refractivity contribution in [2.45, 2.75) is 81.9 Å². The first-order valence-corrected chi connectivity index (χ1v) is 25.2. The Bertz CT molecular complexity index is 2870. The number of anilines is 1. The molecule has 0 amide bonds. The molecule has 2 atom stereocenters. The second kappa shape index (κ2) is 26.5. The average molecular weight is 1060 g/mol. The molecule has 6 aromatic heterocycles. The fourth-order valence-electron chi connectivity index (χ4n) is 7.64. The molecule has 8 heterocycles. The minimum atomic E-state index is -0.750. The molecule has 19 heteroatoms. The Hall–Kier alpha value is -4.92. The summed E-state index contributed by atoms with van der Waals surface area (Å²) >= 11 is 6.20. The molecule has 13 nitrogen and oxygen atoms in total. The van der Waals surface area contributed by atoms with Gasteiger partial charge in [0.05, 0.1) is 40.2 Å². The van der Waals surface area contributed by atoms with Gasteiger partial charge in [0, 0.05) is 67.9 Å². The van der Waals surface area contributed by atoms with E-state index in [-0.39, 0.29) is 60.7 Å². The average Bonchev–Trinajstić information content (AvgIpc) is 4.13. The molecular formula is C51H56BrF2N12NaOS2. The molecule has 10 rings (SSSR count). The maximum Gasteiger partial charge on any atom is 1.00 e. The van der Waals surface area contributed by atoms with Crippen LogP contribution in [-0.2, 0) is 12.8 Å². The monoisotopic (exact) mass is 1060 g/mol. The summed E-state index contributed by atoms with van der Waals surface area (Å²) < 4.78 is 32.2. The fraction of sp³-hybridized carbons (Fsp3) is 0.294. The topological polar surface area (TPSA) is 174 Å². The van der Waals surface area contributed by atoms with Crippen molar-refractivity contribution in [1.82, 2.24) is 49.0 Å². The number of rotatable bonds is 10. The van der Waals surface area contributed by atoms with E-state index in [2.05, 4.69) is 55.3 Å². The summed E-state index contributed by atoms with van der Waals surface area (Å²) in [5.41, 5.74) is 12.1. The number of nitrogens with zero attached hydrogens (tertiary/aromatic N) is 10. The Morgan fingerprint density at radius 1 is 0.657 bits per heavy atom. The Balaban J connectivity index is 0.000000209. The number of hydrogen-bond acceptors (Lipinski definition) is 13. The van der Waals surface area contributed by atoms with Crippen molar-refractivity contribution in [2.24, 2.45) is 5.73 Å². The van der Waals surface area contributed by atoms with Crippen LogP contribution < -0.4 is 45.7 Å². The van der Waals surface area contributed by atoms with Gasteiger partial charge in [-0.2, -0.15) is 0 Å². The molecule has 2 aromatic carbocycles. The fourth-order valence-corrected chi connectivity index (χ4v) is 8.63. The second-order valence-corrected chi connectivity index (χ2v) is 18.9. The van der Waals surface area contributed by atoms with Gasteiger partial charge in [0.15, 0.2) is 10.3 Å². The summed E-state index contributed by atoms with van der Waals surface area (Å²) in [6.07, 6.45) is 14.7. The van der Waals surface area contributed by atoms with E-state index >= 15 is 0 Å². The van der Waals surface area contributed by atoms with E-state index in [1.807, 2.05) is 61.0 Å². The zero-order chi connectivity index (χ0) is 48.2. The van der Waals surface area contributed by atoms with Gasteiger partial charge in [-0.05, 0) is 126 Å². The molecule has 2 aliphatic rings. The summed E-state index contributed by atoms with van der Waals surface area (Å²) in [6, 6.07) is 28.7. The van der Waals surface area contributed by atoms with Gasteiger partial charge in [0.25, 0.3) is 0 Å².